The Morgan fingerprint density at radius 3 is 2.47 bits per heavy atom. The molecule has 1 aliphatic rings. The number of rotatable bonds is 10. The van der Waals surface area contributed by atoms with Crippen LogP contribution in [0, 0.1) is 0 Å². The highest BCUT2D eigenvalue weighted by atomic mass is 15.2. The fourth-order valence-corrected chi connectivity index (χ4v) is 2.65. The molecule has 0 bridgehead atoms. The average Bonchev–Trinajstić information content (AvgIpc) is 2.46. The van der Waals surface area contributed by atoms with Gasteiger partial charge in [-0.2, -0.15) is 0 Å². The molecular weight excluding hydrogens is 232 g/mol. The van der Waals surface area contributed by atoms with Crippen LogP contribution >= 0.6 is 0 Å². The lowest BCUT2D eigenvalue weighted by Crippen LogP contribution is -2.35. The second-order valence-electron chi connectivity index (χ2n) is 5.41. The summed E-state index contributed by atoms with van der Waals surface area (Å²) in [5.41, 5.74) is 0. The summed E-state index contributed by atoms with van der Waals surface area (Å²) in [4.78, 5) is 5.04. The summed E-state index contributed by atoms with van der Waals surface area (Å²) in [6.07, 6.45) is 15.7. The first kappa shape index (κ1) is 16.3. The highest BCUT2D eigenvalue weighted by Gasteiger charge is 2.14. The monoisotopic (exact) mass is 264 g/mol. The molecular formula is C17H32N2. The van der Waals surface area contributed by atoms with E-state index in [4.69, 9.17) is 0 Å². The van der Waals surface area contributed by atoms with Crippen molar-refractivity contribution in [1.82, 2.24) is 9.80 Å². The molecule has 2 nitrogen and oxygen atoms in total. The molecule has 1 rings (SSSR count). The molecule has 0 aromatic rings. The fraction of sp³-hybridized carbons (Fsp3) is 0.765. The molecule has 0 aliphatic carbocycles. The quantitative estimate of drug-likeness (QED) is 0.549. The van der Waals surface area contributed by atoms with Gasteiger partial charge in [0.05, 0.1) is 0 Å². The van der Waals surface area contributed by atoms with Crippen molar-refractivity contribution in [2.75, 3.05) is 26.2 Å². The molecule has 0 saturated heterocycles. The molecule has 2 heteroatoms. The van der Waals surface area contributed by atoms with Crippen molar-refractivity contribution in [2.24, 2.45) is 0 Å². The molecule has 0 spiro atoms. The van der Waals surface area contributed by atoms with E-state index < -0.39 is 0 Å². The van der Waals surface area contributed by atoms with Crippen molar-refractivity contribution in [1.29, 1.82) is 0 Å². The van der Waals surface area contributed by atoms with Crippen LogP contribution in [0.1, 0.15) is 52.9 Å². The molecule has 0 aromatic carbocycles. The molecule has 1 heterocycles. The first-order valence-electron chi connectivity index (χ1n) is 8.14. The van der Waals surface area contributed by atoms with E-state index in [2.05, 4.69) is 55.0 Å². The predicted molar refractivity (Wildman–Crippen MR) is 85.3 cm³/mol. The molecule has 0 radical (unpaired) electrons. The largest absolute Gasteiger partial charge is 0.371 e. The molecule has 0 aromatic heterocycles. The van der Waals surface area contributed by atoms with Crippen molar-refractivity contribution in [3.05, 3.63) is 24.4 Å². The number of hydrogen-bond donors (Lipinski definition) is 0. The molecule has 0 amide bonds. The van der Waals surface area contributed by atoms with Gasteiger partial charge in [0.2, 0.25) is 0 Å². The van der Waals surface area contributed by atoms with Gasteiger partial charge >= 0.3 is 0 Å². The van der Waals surface area contributed by atoms with Gasteiger partial charge in [0, 0.05) is 19.1 Å². The minimum absolute atomic E-state index is 0.604. The van der Waals surface area contributed by atoms with Crippen LogP contribution in [0.3, 0.4) is 0 Å². The summed E-state index contributed by atoms with van der Waals surface area (Å²) in [6.45, 7) is 11.5. The summed E-state index contributed by atoms with van der Waals surface area (Å²) in [7, 11) is 0. The van der Waals surface area contributed by atoms with Crippen molar-refractivity contribution >= 4 is 0 Å². The van der Waals surface area contributed by atoms with E-state index in [1.165, 1.54) is 58.3 Å². The van der Waals surface area contributed by atoms with Crippen LogP contribution in [-0.4, -0.2) is 42.0 Å². The number of hydrogen-bond acceptors (Lipinski definition) is 2. The van der Waals surface area contributed by atoms with Gasteiger partial charge in [0.25, 0.3) is 0 Å². The molecule has 0 saturated carbocycles. The highest BCUT2D eigenvalue weighted by Crippen LogP contribution is 2.14. The first-order chi connectivity index (χ1) is 9.31. The molecule has 19 heavy (non-hydrogen) atoms. The molecule has 0 N–H and O–H groups in total. The molecule has 0 fully saturated rings. The lowest BCUT2D eigenvalue weighted by Gasteiger charge is -2.32. The van der Waals surface area contributed by atoms with Crippen molar-refractivity contribution in [2.45, 2.75) is 58.9 Å². The van der Waals surface area contributed by atoms with Gasteiger partial charge in [-0.05, 0) is 38.2 Å². The second kappa shape index (κ2) is 10.1. The number of allylic oxidation sites excluding steroid dienone is 2. The maximum absolute atomic E-state index is 2.53. The topological polar surface area (TPSA) is 6.48 Å². The zero-order valence-electron chi connectivity index (χ0n) is 13.1. The maximum atomic E-state index is 2.53. The summed E-state index contributed by atoms with van der Waals surface area (Å²) in [5, 5.41) is 0. The molecule has 1 aliphatic heterocycles. The summed E-state index contributed by atoms with van der Waals surface area (Å²) >= 11 is 0. The maximum Gasteiger partial charge on any atom is 0.0482 e. The lowest BCUT2D eigenvalue weighted by molar-refractivity contribution is 0.240. The number of unbranched alkanes of at least 4 members (excludes halogenated alkanes) is 3. The van der Waals surface area contributed by atoms with Crippen LogP contribution in [0.2, 0.25) is 0 Å². The van der Waals surface area contributed by atoms with Crippen LogP contribution in [0.4, 0.5) is 0 Å². The van der Waals surface area contributed by atoms with Gasteiger partial charge in [-0.15, -0.1) is 0 Å². The van der Waals surface area contributed by atoms with E-state index in [0.717, 1.165) is 0 Å². The zero-order chi connectivity index (χ0) is 13.9. The Morgan fingerprint density at radius 2 is 1.79 bits per heavy atom. The Kier molecular flexibility index (Phi) is 8.64. The van der Waals surface area contributed by atoms with Gasteiger partial charge in [-0.25, -0.2) is 0 Å². The van der Waals surface area contributed by atoms with Crippen molar-refractivity contribution < 1.29 is 0 Å². The normalized spacial score (nSPS) is 18.5. The minimum Gasteiger partial charge on any atom is -0.371 e. The third-order valence-electron chi connectivity index (χ3n) is 4.05. The first-order valence-corrected chi connectivity index (χ1v) is 8.14. The molecule has 1 unspecified atom stereocenters. The smallest absolute Gasteiger partial charge is 0.0482 e. The summed E-state index contributed by atoms with van der Waals surface area (Å²) in [5.74, 6) is 0. The Bertz CT molecular complexity index is 266. The number of nitrogens with zero attached hydrogens (tertiary/aromatic N) is 2. The van der Waals surface area contributed by atoms with Crippen LogP contribution < -0.4 is 0 Å². The van der Waals surface area contributed by atoms with Crippen molar-refractivity contribution in [3.63, 3.8) is 0 Å². The van der Waals surface area contributed by atoms with Gasteiger partial charge in [-0.1, -0.05) is 52.2 Å². The van der Waals surface area contributed by atoms with Gasteiger partial charge in [-0.3, -0.25) is 0 Å². The Labute approximate surface area is 120 Å². The van der Waals surface area contributed by atoms with Crippen LogP contribution in [0.15, 0.2) is 24.4 Å². The SMILES string of the molecule is CCCCCCN1C=CC=CC1CCN(CC)CC. The van der Waals surface area contributed by atoms with E-state index in [9.17, 15) is 0 Å². The standard InChI is InChI=1S/C17H32N2/c1-4-7-8-10-14-19-15-11-9-12-17(19)13-16-18(5-2)6-3/h9,11-12,15,17H,4-8,10,13-14,16H2,1-3H3. The van der Waals surface area contributed by atoms with E-state index in [1.807, 2.05) is 0 Å². The second-order valence-corrected chi connectivity index (χ2v) is 5.41. The Morgan fingerprint density at radius 1 is 1.00 bits per heavy atom. The highest BCUT2D eigenvalue weighted by molar-refractivity contribution is 5.13. The molecule has 1 atom stereocenters. The third-order valence-corrected chi connectivity index (χ3v) is 4.05. The van der Waals surface area contributed by atoms with E-state index in [0.29, 0.717) is 6.04 Å². The van der Waals surface area contributed by atoms with E-state index >= 15 is 0 Å². The zero-order valence-corrected chi connectivity index (χ0v) is 13.1. The van der Waals surface area contributed by atoms with Crippen LogP contribution in [0.5, 0.6) is 0 Å². The van der Waals surface area contributed by atoms with Crippen molar-refractivity contribution in [3.8, 4) is 0 Å². The van der Waals surface area contributed by atoms with E-state index in [1.54, 1.807) is 0 Å². The lowest BCUT2D eigenvalue weighted by atomic mass is 10.1. The predicted octanol–water partition coefficient (Wildman–Crippen LogP) is 4.05. The van der Waals surface area contributed by atoms with Gasteiger partial charge < -0.3 is 9.80 Å². The summed E-state index contributed by atoms with van der Waals surface area (Å²) < 4.78 is 0. The fourth-order valence-electron chi connectivity index (χ4n) is 2.65. The Hall–Kier alpha value is -0.760. The summed E-state index contributed by atoms with van der Waals surface area (Å²) in [6, 6.07) is 0.604. The van der Waals surface area contributed by atoms with Crippen LogP contribution in [0.25, 0.3) is 0 Å². The molecule has 110 valence electrons. The third kappa shape index (κ3) is 6.29. The van der Waals surface area contributed by atoms with E-state index in [-0.39, 0.29) is 0 Å². The minimum atomic E-state index is 0.604. The van der Waals surface area contributed by atoms with Gasteiger partial charge in [0.1, 0.15) is 0 Å². The average molecular weight is 264 g/mol. The van der Waals surface area contributed by atoms with Crippen LogP contribution in [-0.2, 0) is 0 Å². The Balaban J connectivity index is 2.32. The van der Waals surface area contributed by atoms with Gasteiger partial charge in [0.15, 0.2) is 0 Å².